The molecule has 0 radical (unpaired) electrons. The molecule has 0 aliphatic carbocycles. The predicted octanol–water partition coefficient (Wildman–Crippen LogP) is 4.81. The van der Waals surface area contributed by atoms with Gasteiger partial charge in [0.25, 0.3) is 0 Å². The first-order chi connectivity index (χ1) is 16.5. The van der Waals surface area contributed by atoms with Gasteiger partial charge in [-0.15, -0.1) is 0 Å². The van der Waals surface area contributed by atoms with Gasteiger partial charge in [0.05, 0.1) is 17.8 Å². The van der Waals surface area contributed by atoms with E-state index in [1.54, 1.807) is 0 Å². The van der Waals surface area contributed by atoms with Crippen LogP contribution in [-0.2, 0) is 17.8 Å². The average Bonchev–Trinajstić information content (AvgIpc) is 3.19. The number of benzene rings is 2. The summed E-state index contributed by atoms with van der Waals surface area (Å²) in [5.74, 6) is 0.173. The number of aromatic nitrogens is 2. The predicted molar refractivity (Wildman–Crippen MR) is 137 cm³/mol. The molecule has 0 bridgehead atoms. The van der Waals surface area contributed by atoms with E-state index < -0.39 is 0 Å². The number of carbonyl (C=O) groups is 1. The van der Waals surface area contributed by atoms with E-state index in [9.17, 15) is 4.79 Å². The molecule has 0 atom stereocenters. The van der Waals surface area contributed by atoms with E-state index >= 15 is 0 Å². The SMILES string of the molecule is Cc1ccn2c(CC(=O)N3CCN(Cc4ccccc4)CC3)c(-c3ccc(C)c(C)c3)nc2c1. The Bertz CT molecular complexity index is 1320. The van der Waals surface area contributed by atoms with Crippen LogP contribution in [0.25, 0.3) is 16.9 Å². The largest absolute Gasteiger partial charge is 0.340 e. The fourth-order valence-electron chi connectivity index (χ4n) is 4.74. The van der Waals surface area contributed by atoms with Crippen LogP contribution >= 0.6 is 0 Å². The van der Waals surface area contributed by atoms with E-state index in [0.29, 0.717) is 6.42 Å². The van der Waals surface area contributed by atoms with Crippen LogP contribution in [0.4, 0.5) is 0 Å². The van der Waals surface area contributed by atoms with Crippen LogP contribution in [0.5, 0.6) is 0 Å². The molecule has 0 N–H and O–H groups in total. The maximum Gasteiger partial charge on any atom is 0.228 e. The third-order valence-electron chi connectivity index (χ3n) is 6.95. The van der Waals surface area contributed by atoms with Crippen LogP contribution in [0, 0.1) is 20.8 Å². The summed E-state index contributed by atoms with van der Waals surface area (Å²) < 4.78 is 2.08. The molecule has 2 aromatic heterocycles. The van der Waals surface area contributed by atoms with E-state index in [1.165, 1.54) is 16.7 Å². The molecule has 174 valence electrons. The number of piperazine rings is 1. The fraction of sp³-hybridized carbons (Fsp3) is 0.310. The summed E-state index contributed by atoms with van der Waals surface area (Å²) >= 11 is 0. The average molecular weight is 453 g/mol. The first-order valence-corrected chi connectivity index (χ1v) is 12.1. The molecular weight excluding hydrogens is 420 g/mol. The lowest BCUT2D eigenvalue weighted by Crippen LogP contribution is -2.48. The van der Waals surface area contributed by atoms with Gasteiger partial charge in [0, 0.05) is 44.5 Å². The number of nitrogens with zero attached hydrogens (tertiary/aromatic N) is 4. The van der Waals surface area contributed by atoms with Gasteiger partial charge >= 0.3 is 0 Å². The Balaban J connectivity index is 1.36. The van der Waals surface area contributed by atoms with E-state index in [2.05, 4.69) is 84.7 Å². The molecule has 1 aliphatic heterocycles. The Labute approximate surface area is 201 Å². The van der Waals surface area contributed by atoms with Crippen molar-refractivity contribution < 1.29 is 4.79 Å². The van der Waals surface area contributed by atoms with E-state index in [0.717, 1.165) is 60.9 Å². The summed E-state index contributed by atoms with van der Waals surface area (Å²) in [7, 11) is 0. The van der Waals surface area contributed by atoms with Gasteiger partial charge in [-0.1, -0.05) is 42.5 Å². The van der Waals surface area contributed by atoms with Crippen molar-refractivity contribution in [3.63, 3.8) is 0 Å². The summed E-state index contributed by atoms with van der Waals surface area (Å²) in [6.07, 6.45) is 2.40. The number of aryl methyl sites for hydroxylation is 3. The van der Waals surface area contributed by atoms with E-state index in [4.69, 9.17) is 4.98 Å². The van der Waals surface area contributed by atoms with Crippen molar-refractivity contribution in [3.05, 3.63) is 94.8 Å². The number of imidazole rings is 1. The van der Waals surface area contributed by atoms with Gasteiger partial charge < -0.3 is 9.30 Å². The van der Waals surface area contributed by atoms with Gasteiger partial charge in [-0.05, 0) is 61.2 Å². The Morgan fingerprint density at radius 1 is 0.882 bits per heavy atom. The van der Waals surface area contributed by atoms with Crippen LogP contribution in [-0.4, -0.2) is 51.3 Å². The van der Waals surface area contributed by atoms with Gasteiger partial charge in [0.1, 0.15) is 5.65 Å². The lowest BCUT2D eigenvalue weighted by molar-refractivity contribution is -0.132. The molecule has 5 nitrogen and oxygen atoms in total. The molecule has 3 heterocycles. The van der Waals surface area contributed by atoms with E-state index in [-0.39, 0.29) is 5.91 Å². The maximum absolute atomic E-state index is 13.4. The molecule has 0 saturated carbocycles. The summed E-state index contributed by atoms with van der Waals surface area (Å²) in [5, 5.41) is 0. The van der Waals surface area contributed by atoms with Crippen molar-refractivity contribution in [2.45, 2.75) is 33.7 Å². The Hall–Kier alpha value is -3.44. The van der Waals surface area contributed by atoms with Crippen molar-refractivity contribution in [3.8, 4) is 11.3 Å². The third kappa shape index (κ3) is 4.62. The molecule has 1 fully saturated rings. The lowest BCUT2D eigenvalue weighted by Gasteiger charge is -2.34. The van der Waals surface area contributed by atoms with Gasteiger partial charge in [-0.2, -0.15) is 0 Å². The highest BCUT2D eigenvalue weighted by atomic mass is 16.2. The van der Waals surface area contributed by atoms with Crippen molar-refractivity contribution in [1.29, 1.82) is 0 Å². The topological polar surface area (TPSA) is 40.9 Å². The number of carbonyl (C=O) groups excluding carboxylic acids is 1. The minimum Gasteiger partial charge on any atom is -0.340 e. The van der Waals surface area contributed by atoms with Gasteiger partial charge in [-0.3, -0.25) is 9.69 Å². The van der Waals surface area contributed by atoms with Crippen LogP contribution in [0.3, 0.4) is 0 Å². The first kappa shape index (κ1) is 22.4. The fourth-order valence-corrected chi connectivity index (χ4v) is 4.74. The molecule has 5 heteroatoms. The third-order valence-corrected chi connectivity index (χ3v) is 6.95. The molecule has 2 aromatic carbocycles. The van der Waals surface area contributed by atoms with Crippen molar-refractivity contribution in [2.75, 3.05) is 26.2 Å². The molecule has 1 amide bonds. The van der Waals surface area contributed by atoms with Gasteiger partial charge in [0.15, 0.2) is 0 Å². The zero-order chi connectivity index (χ0) is 23.7. The van der Waals surface area contributed by atoms with Gasteiger partial charge in [0.2, 0.25) is 5.91 Å². The minimum atomic E-state index is 0.173. The van der Waals surface area contributed by atoms with E-state index in [1.807, 2.05) is 17.2 Å². The maximum atomic E-state index is 13.4. The van der Waals surface area contributed by atoms with Crippen LogP contribution in [0.1, 0.15) is 27.9 Å². The minimum absolute atomic E-state index is 0.173. The number of fused-ring (bicyclic) bond motifs is 1. The van der Waals surface area contributed by atoms with Crippen LogP contribution < -0.4 is 0 Å². The van der Waals surface area contributed by atoms with Crippen LogP contribution in [0.15, 0.2) is 66.9 Å². The molecule has 0 spiro atoms. The van der Waals surface area contributed by atoms with Crippen LogP contribution in [0.2, 0.25) is 0 Å². The normalized spacial score (nSPS) is 14.6. The Morgan fingerprint density at radius 3 is 2.38 bits per heavy atom. The Morgan fingerprint density at radius 2 is 1.65 bits per heavy atom. The van der Waals surface area contributed by atoms with Gasteiger partial charge in [-0.25, -0.2) is 4.98 Å². The van der Waals surface area contributed by atoms with Crippen molar-refractivity contribution in [1.82, 2.24) is 19.2 Å². The number of amides is 1. The summed E-state index contributed by atoms with van der Waals surface area (Å²) in [6.45, 7) is 10.6. The second kappa shape index (κ2) is 9.43. The monoisotopic (exact) mass is 452 g/mol. The lowest BCUT2D eigenvalue weighted by atomic mass is 10.0. The molecule has 1 aliphatic rings. The standard InChI is InChI=1S/C29H32N4O/c1-21-11-12-33-26(29(30-27(33)17-21)25-10-9-22(2)23(3)18-25)19-28(34)32-15-13-31(14-16-32)20-24-7-5-4-6-8-24/h4-12,17-18H,13-16,19-20H2,1-3H3. The molecule has 1 saturated heterocycles. The summed E-state index contributed by atoms with van der Waals surface area (Å²) in [6, 6.07) is 21.1. The number of hydrogen-bond acceptors (Lipinski definition) is 3. The molecule has 5 rings (SSSR count). The van der Waals surface area contributed by atoms with Crippen molar-refractivity contribution >= 4 is 11.6 Å². The highest BCUT2D eigenvalue weighted by Crippen LogP contribution is 2.28. The van der Waals surface area contributed by atoms with Crippen molar-refractivity contribution in [2.24, 2.45) is 0 Å². The second-order valence-electron chi connectivity index (χ2n) is 9.46. The summed E-state index contributed by atoms with van der Waals surface area (Å²) in [5.41, 5.74) is 8.81. The molecule has 0 unspecified atom stereocenters. The first-order valence-electron chi connectivity index (χ1n) is 12.1. The Kier molecular flexibility index (Phi) is 6.20. The molecule has 34 heavy (non-hydrogen) atoms. The highest BCUT2D eigenvalue weighted by molar-refractivity contribution is 5.82. The number of hydrogen-bond donors (Lipinski definition) is 0. The number of rotatable bonds is 5. The molecular formula is C29H32N4O. The quantitative estimate of drug-likeness (QED) is 0.436. The summed E-state index contributed by atoms with van der Waals surface area (Å²) in [4.78, 5) is 22.8. The zero-order valence-electron chi connectivity index (χ0n) is 20.3. The highest BCUT2D eigenvalue weighted by Gasteiger charge is 2.24. The zero-order valence-corrected chi connectivity index (χ0v) is 20.3. The molecule has 4 aromatic rings. The number of pyridine rings is 1. The smallest absolute Gasteiger partial charge is 0.228 e. The second-order valence-corrected chi connectivity index (χ2v) is 9.46.